The number of nitriles is 1. The van der Waals surface area contributed by atoms with Crippen LogP contribution in [-0.4, -0.2) is 19.1 Å². The number of amides is 1. The molecule has 0 heterocycles. The van der Waals surface area contributed by atoms with Crippen LogP contribution < -0.4 is 14.8 Å². The van der Waals surface area contributed by atoms with Crippen molar-refractivity contribution in [3.05, 3.63) is 59.7 Å². The van der Waals surface area contributed by atoms with Crippen LogP contribution in [0.1, 0.15) is 44.7 Å². The van der Waals surface area contributed by atoms with Gasteiger partial charge in [-0.2, -0.15) is 5.26 Å². The lowest BCUT2D eigenvalue weighted by atomic mass is 9.82. The topological polar surface area (TPSA) is 71.3 Å². The second-order valence-electron chi connectivity index (χ2n) is 7.21. The Morgan fingerprint density at radius 1 is 1.00 bits per heavy atom. The van der Waals surface area contributed by atoms with Gasteiger partial charge < -0.3 is 14.8 Å². The number of ether oxygens (including phenoxy) is 2. The highest BCUT2D eigenvalue weighted by atomic mass is 16.5. The molecule has 1 N–H and O–H groups in total. The summed E-state index contributed by atoms with van der Waals surface area (Å²) >= 11 is 0. The smallest absolute Gasteiger partial charge is 0.234 e. The molecule has 2 aromatic carbocycles. The van der Waals surface area contributed by atoms with Gasteiger partial charge in [-0.1, -0.05) is 45.0 Å². The van der Waals surface area contributed by atoms with E-state index in [0.717, 1.165) is 23.5 Å². The van der Waals surface area contributed by atoms with Gasteiger partial charge >= 0.3 is 0 Å². The second-order valence-corrected chi connectivity index (χ2v) is 7.21. The molecular weight excluding hydrogens is 352 g/mol. The monoisotopic (exact) mass is 380 g/mol. The number of carbonyl (C=O) groups excluding carboxylic acids is 1. The standard InChI is InChI=1S/C23H28N2O3/c1-4-23(2,3)19-7-11-21(12-8-19)28-16-15-27-20-9-5-18(6-10-20)17-25-22(26)13-14-24/h5-12H,4,13,15-17H2,1-3H3,(H,25,26). The SMILES string of the molecule is CCC(C)(C)c1ccc(OCCOc2ccc(CNC(=O)CC#N)cc2)cc1. The van der Waals surface area contributed by atoms with E-state index >= 15 is 0 Å². The summed E-state index contributed by atoms with van der Waals surface area (Å²) in [7, 11) is 0. The minimum atomic E-state index is -0.272. The van der Waals surface area contributed by atoms with Gasteiger partial charge in [-0.05, 0) is 47.2 Å². The summed E-state index contributed by atoms with van der Waals surface area (Å²) in [4.78, 5) is 11.3. The molecule has 0 radical (unpaired) electrons. The summed E-state index contributed by atoms with van der Waals surface area (Å²) in [6.45, 7) is 7.97. The molecule has 148 valence electrons. The number of carbonyl (C=O) groups is 1. The Morgan fingerprint density at radius 3 is 2.04 bits per heavy atom. The van der Waals surface area contributed by atoms with Gasteiger partial charge in [-0.15, -0.1) is 0 Å². The number of hydrogen-bond donors (Lipinski definition) is 1. The fourth-order valence-electron chi connectivity index (χ4n) is 2.56. The van der Waals surface area contributed by atoms with Gasteiger partial charge in [-0.25, -0.2) is 0 Å². The van der Waals surface area contributed by atoms with Crippen molar-refractivity contribution in [2.24, 2.45) is 0 Å². The van der Waals surface area contributed by atoms with Gasteiger partial charge in [0.1, 0.15) is 31.1 Å². The molecule has 5 nitrogen and oxygen atoms in total. The van der Waals surface area contributed by atoms with E-state index in [0.29, 0.717) is 19.8 Å². The zero-order valence-electron chi connectivity index (χ0n) is 16.8. The van der Waals surface area contributed by atoms with Crippen molar-refractivity contribution < 1.29 is 14.3 Å². The molecule has 0 bridgehead atoms. The number of nitrogens with zero attached hydrogens (tertiary/aromatic N) is 1. The van der Waals surface area contributed by atoms with Crippen LogP contribution in [0.15, 0.2) is 48.5 Å². The third kappa shape index (κ3) is 6.62. The highest BCUT2D eigenvalue weighted by Gasteiger charge is 2.17. The quantitative estimate of drug-likeness (QED) is 0.622. The van der Waals surface area contributed by atoms with E-state index in [9.17, 15) is 4.79 Å². The average Bonchev–Trinajstić information content (AvgIpc) is 2.71. The number of rotatable bonds is 10. The van der Waals surface area contributed by atoms with Crippen molar-refractivity contribution in [3.8, 4) is 17.6 Å². The minimum Gasteiger partial charge on any atom is -0.490 e. The molecule has 0 unspecified atom stereocenters. The van der Waals surface area contributed by atoms with Crippen LogP contribution in [0.3, 0.4) is 0 Å². The molecule has 0 aliphatic heterocycles. The molecule has 28 heavy (non-hydrogen) atoms. The van der Waals surface area contributed by atoms with E-state index in [-0.39, 0.29) is 17.7 Å². The molecule has 0 atom stereocenters. The predicted molar refractivity (Wildman–Crippen MR) is 109 cm³/mol. The first-order chi connectivity index (χ1) is 13.4. The Balaban J connectivity index is 1.72. The molecule has 0 aromatic heterocycles. The molecule has 1 amide bonds. The van der Waals surface area contributed by atoms with Crippen LogP contribution in [0.25, 0.3) is 0 Å². The number of nitrogens with one attached hydrogen (secondary N) is 1. The maximum Gasteiger partial charge on any atom is 0.234 e. The van der Waals surface area contributed by atoms with Gasteiger partial charge in [0.05, 0.1) is 6.07 Å². The van der Waals surface area contributed by atoms with Crippen LogP contribution >= 0.6 is 0 Å². The Labute approximate surface area is 167 Å². The highest BCUT2D eigenvalue weighted by molar-refractivity contribution is 5.77. The Bertz CT molecular complexity index is 790. The largest absolute Gasteiger partial charge is 0.490 e. The van der Waals surface area contributed by atoms with Crippen LogP contribution in [0.4, 0.5) is 0 Å². The van der Waals surface area contributed by atoms with E-state index in [2.05, 4.69) is 38.2 Å². The average molecular weight is 380 g/mol. The summed E-state index contributed by atoms with van der Waals surface area (Å²) < 4.78 is 11.4. The van der Waals surface area contributed by atoms with Gasteiger partial charge in [-0.3, -0.25) is 4.79 Å². The lowest BCUT2D eigenvalue weighted by Crippen LogP contribution is -2.21. The summed E-state index contributed by atoms with van der Waals surface area (Å²) in [6, 6.07) is 17.5. The first-order valence-corrected chi connectivity index (χ1v) is 9.53. The van der Waals surface area contributed by atoms with Gasteiger partial charge in [0.25, 0.3) is 0 Å². The van der Waals surface area contributed by atoms with Crippen molar-refractivity contribution in [3.63, 3.8) is 0 Å². The molecule has 5 heteroatoms. The zero-order valence-corrected chi connectivity index (χ0v) is 16.8. The van der Waals surface area contributed by atoms with E-state index in [1.807, 2.05) is 42.5 Å². The maximum atomic E-state index is 11.3. The molecule has 0 saturated carbocycles. The number of hydrogen-bond acceptors (Lipinski definition) is 4. The Morgan fingerprint density at radius 2 is 1.54 bits per heavy atom. The van der Waals surface area contributed by atoms with Crippen molar-refractivity contribution >= 4 is 5.91 Å². The Kier molecular flexibility index (Phi) is 7.88. The summed E-state index contributed by atoms with van der Waals surface area (Å²) in [5, 5.41) is 11.1. The van der Waals surface area contributed by atoms with Crippen LogP contribution in [0.2, 0.25) is 0 Å². The van der Waals surface area contributed by atoms with Crippen molar-refractivity contribution in [1.29, 1.82) is 5.26 Å². The number of benzene rings is 2. The lowest BCUT2D eigenvalue weighted by molar-refractivity contribution is -0.120. The Hall–Kier alpha value is -3.00. The lowest BCUT2D eigenvalue weighted by Gasteiger charge is -2.23. The molecule has 0 spiro atoms. The van der Waals surface area contributed by atoms with Gasteiger partial charge in [0.15, 0.2) is 0 Å². The van der Waals surface area contributed by atoms with Crippen molar-refractivity contribution in [2.45, 2.75) is 45.6 Å². The van der Waals surface area contributed by atoms with Gasteiger partial charge in [0, 0.05) is 6.54 Å². The fraction of sp³-hybridized carbons (Fsp3) is 0.391. The molecule has 2 rings (SSSR count). The molecule has 0 aliphatic carbocycles. The third-order valence-corrected chi connectivity index (χ3v) is 4.79. The molecule has 0 fully saturated rings. The second kappa shape index (κ2) is 10.4. The van der Waals surface area contributed by atoms with Crippen LogP contribution in [0.5, 0.6) is 11.5 Å². The molecule has 0 aliphatic rings. The van der Waals surface area contributed by atoms with E-state index in [1.54, 1.807) is 0 Å². The highest BCUT2D eigenvalue weighted by Crippen LogP contribution is 2.28. The fourth-order valence-corrected chi connectivity index (χ4v) is 2.56. The van der Waals surface area contributed by atoms with E-state index in [4.69, 9.17) is 14.7 Å². The molecule has 0 saturated heterocycles. The summed E-state index contributed by atoms with van der Waals surface area (Å²) in [6.07, 6.45) is 0.965. The van der Waals surface area contributed by atoms with Crippen LogP contribution in [0, 0.1) is 11.3 Å². The minimum absolute atomic E-state index is 0.125. The first-order valence-electron chi connectivity index (χ1n) is 9.53. The van der Waals surface area contributed by atoms with Crippen molar-refractivity contribution in [1.82, 2.24) is 5.32 Å². The molecule has 2 aromatic rings. The normalized spacial score (nSPS) is 10.8. The summed E-state index contributed by atoms with van der Waals surface area (Å²) in [5.41, 5.74) is 2.43. The van der Waals surface area contributed by atoms with E-state index < -0.39 is 0 Å². The maximum absolute atomic E-state index is 11.3. The third-order valence-electron chi connectivity index (χ3n) is 4.79. The van der Waals surface area contributed by atoms with Crippen molar-refractivity contribution in [2.75, 3.05) is 13.2 Å². The first kappa shape index (κ1) is 21.3. The van der Waals surface area contributed by atoms with E-state index in [1.165, 1.54) is 5.56 Å². The van der Waals surface area contributed by atoms with Gasteiger partial charge in [0.2, 0.25) is 5.91 Å². The zero-order chi connectivity index (χ0) is 20.4. The summed E-state index contributed by atoms with van der Waals surface area (Å²) in [5.74, 6) is 1.31. The molecular formula is C23H28N2O3. The van der Waals surface area contributed by atoms with Crippen LogP contribution in [-0.2, 0) is 16.8 Å². The predicted octanol–water partition coefficient (Wildman–Crippen LogP) is 4.36.